The largest absolute Gasteiger partial charge is 0.354 e. The molecule has 0 radical (unpaired) electrons. The minimum atomic E-state index is -0.298. The first-order chi connectivity index (χ1) is 14.2. The lowest BCUT2D eigenvalue weighted by Gasteiger charge is -2.27. The van der Waals surface area contributed by atoms with Gasteiger partial charge in [0.15, 0.2) is 0 Å². The van der Waals surface area contributed by atoms with Crippen molar-refractivity contribution in [1.29, 1.82) is 0 Å². The lowest BCUT2D eigenvalue weighted by atomic mass is 10.1. The fraction of sp³-hybridized carbons (Fsp3) is 0.409. The molecule has 1 aliphatic heterocycles. The van der Waals surface area contributed by atoms with Crippen molar-refractivity contribution in [2.45, 2.75) is 12.8 Å². The Morgan fingerprint density at radius 3 is 2.59 bits per heavy atom. The lowest BCUT2D eigenvalue weighted by molar-refractivity contribution is 0.0951. The molecule has 1 aromatic heterocycles. The maximum Gasteiger partial charge on any atom is 0.269 e. The maximum atomic E-state index is 12.7. The zero-order valence-electron chi connectivity index (χ0n) is 16.9. The van der Waals surface area contributed by atoms with Gasteiger partial charge in [-0.2, -0.15) is 0 Å². The van der Waals surface area contributed by atoms with Crippen LogP contribution in [0.25, 0.3) is 0 Å². The van der Waals surface area contributed by atoms with Crippen molar-refractivity contribution in [2.24, 2.45) is 0 Å². The number of hydrogen-bond donors (Lipinski definition) is 3. The third-order valence-electron chi connectivity index (χ3n) is 4.97. The van der Waals surface area contributed by atoms with Crippen LogP contribution < -0.4 is 16.0 Å². The van der Waals surface area contributed by atoms with E-state index >= 15 is 0 Å². The number of hydrogen-bond acceptors (Lipinski definition) is 5. The van der Waals surface area contributed by atoms with Gasteiger partial charge in [-0.3, -0.25) is 9.59 Å². The van der Waals surface area contributed by atoms with Crippen LogP contribution in [0.15, 0.2) is 42.5 Å². The first-order valence-corrected chi connectivity index (χ1v) is 10.1. The highest BCUT2D eigenvalue weighted by Crippen LogP contribution is 2.12. The molecule has 2 amide bonds. The van der Waals surface area contributed by atoms with Crippen molar-refractivity contribution < 1.29 is 9.59 Å². The summed E-state index contributed by atoms with van der Waals surface area (Å²) in [5.41, 5.74) is 2.50. The predicted molar refractivity (Wildman–Crippen MR) is 113 cm³/mol. The van der Waals surface area contributed by atoms with Gasteiger partial charge in [0.25, 0.3) is 11.8 Å². The molecule has 7 nitrogen and oxygen atoms in total. The molecule has 1 saturated heterocycles. The van der Waals surface area contributed by atoms with Gasteiger partial charge in [-0.05, 0) is 30.7 Å². The van der Waals surface area contributed by atoms with Gasteiger partial charge in [-0.15, -0.1) is 0 Å². The number of benzene rings is 1. The van der Waals surface area contributed by atoms with E-state index in [4.69, 9.17) is 0 Å². The van der Waals surface area contributed by atoms with E-state index in [1.54, 1.807) is 19.2 Å². The average Bonchev–Trinajstić information content (AvgIpc) is 2.77. The van der Waals surface area contributed by atoms with E-state index in [9.17, 15) is 9.59 Å². The molecule has 0 bridgehead atoms. The van der Waals surface area contributed by atoms with Gasteiger partial charge in [-0.1, -0.05) is 30.3 Å². The second-order valence-corrected chi connectivity index (χ2v) is 7.17. The molecule has 0 spiro atoms. The Morgan fingerprint density at radius 2 is 1.86 bits per heavy atom. The van der Waals surface area contributed by atoms with E-state index in [1.165, 1.54) is 0 Å². The number of carbonyl (C=O) groups excluding carboxylic acids is 2. The van der Waals surface area contributed by atoms with Crippen molar-refractivity contribution in [3.63, 3.8) is 0 Å². The average molecular weight is 396 g/mol. The molecule has 0 unspecified atom stereocenters. The summed E-state index contributed by atoms with van der Waals surface area (Å²) in [6.45, 7) is 5.73. The molecule has 7 heteroatoms. The molecule has 3 rings (SSSR count). The number of nitrogens with zero attached hydrogens (tertiary/aromatic N) is 2. The maximum absolute atomic E-state index is 12.7. The Kier molecular flexibility index (Phi) is 7.72. The van der Waals surface area contributed by atoms with Crippen LogP contribution in [-0.2, 0) is 6.42 Å². The summed E-state index contributed by atoms with van der Waals surface area (Å²) in [6.07, 6.45) is 1.46. The fourth-order valence-corrected chi connectivity index (χ4v) is 3.40. The van der Waals surface area contributed by atoms with Crippen molar-refractivity contribution in [3.05, 3.63) is 65.0 Å². The van der Waals surface area contributed by atoms with Crippen LogP contribution in [0.4, 0.5) is 0 Å². The Morgan fingerprint density at radius 1 is 1.10 bits per heavy atom. The quantitative estimate of drug-likeness (QED) is 0.582. The molecular formula is C22H29N5O2. The highest BCUT2D eigenvalue weighted by atomic mass is 16.2. The Bertz CT molecular complexity index is 819. The van der Waals surface area contributed by atoms with Gasteiger partial charge in [0.2, 0.25) is 0 Å². The fourth-order valence-electron chi connectivity index (χ4n) is 3.40. The summed E-state index contributed by atoms with van der Waals surface area (Å²) in [6, 6.07) is 13.2. The van der Waals surface area contributed by atoms with E-state index < -0.39 is 0 Å². The molecule has 1 fully saturated rings. The van der Waals surface area contributed by atoms with Crippen LogP contribution in [0.3, 0.4) is 0 Å². The monoisotopic (exact) mass is 395 g/mol. The number of piperazine rings is 1. The van der Waals surface area contributed by atoms with Crippen molar-refractivity contribution in [1.82, 2.24) is 25.8 Å². The van der Waals surface area contributed by atoms with E-state index in [-0.39, 0.29) is 17.5 Å². The van der Waals surface area contributed by atoms with Gasteiger partial charge in [0.05, 0.1) is 0 Å². The molecule has 154 valence electrons. The SMILES string of the molecule is CNC(=O)c1cc(C(=O)NCCCN2CCNCC2)cc(Cc2ccccc2)n1. The molecule has 29 heavy (non-hydrogen) atoms. The number of carbonyl (C=O) groups is 2. The molecule has 2 heterocycles. The molecule has 1 aromatic carbocycles. The zero-order valence-corrected chi connectivity index (χ0v) is 16.9. The molecule has 0 aliphatic carbocycles. The number of nitrogens with one attached hydrogen (secondary N) is 3. The summed E-state index contributed by atoms with van der Waals surface area (Å²) in [4.78, 5) is 31.6. The summed E-state index contributed by atoms with van der Waals surface area (Å²) in [5, 5.41) is 8.89. The summed E-state index contributed by atoms with van der Waals surface area (Å²) < 4.78 is 0. The Labute approximate surface area is 171 Å². The lowest BCUT2D eigenvalue weighted by Crippen LogP contribution is -2.44. The molecule has 3 N–H and O–H groups in total. The zero-order chi connectivity index (χ0) is 20.5. The molecular weight excluding hydrogens is 366 g/mol. The summed E-state index contributed by atoms with van der Waals surface area (Å²) in [7, 11) is 1.56. The van der Waals surface area contributed by atoms with Gasteiger partial charge in [0, 0.05) is 57.4 Å². The van der Waals surface area contributed by atoms with Crippen molar-refractivity contribution in [3.8, 4) is 0 Å². The summed E-state index contributed by atoms with van der Waals surface area (Å²) >= 11 is 0. The number of pyridine rings is 1. The van der Waals surface area contributed by atoms with E-state index in [1.807, 2.05) is 30.3 Å². The molecule has 2 aromatic rings. The first kappa shape index (κ1) is 21.0. The Hall–Kier alpha value is -2.77. The topological polar surface area (TPSA) is 86.4 Å². The number of rotatable bonds is 8. The minimum Gasteiger partial charge on any atom is -0.354 e. The van der Waals surface area contributed by atoms with Crippen LogP contribution in [0.2, 0.25) is 0 Å². The molecule has 0 saturated carbocycles. The summed E-state index contributed by atoms with van der Waals surface area (Å²) in [5.74, 6) is -0.472. The van der Waals surface area contributed by atoms with Crippen LogP contribution >= 0.6 is 0 Å². The Balaban J connectivity index is 1.63. The third-order valence-corrected chi connectivity index (χ3v) is 4.97. The number of aromatic nitrogens is 1. The predicted octanol–water partition coefficient (Wildman–Crippen LogP) is 1.06. The van der Waals surface area contributed by atoms with Gasteiger partial charge < -0.3 is 20.9 Å². The van der Waals surface area contributed by atoms with E-state index in [0.717, 1.165) is 44.7 Å². The van der Waals surface area contributed by atoms with Crippen molar-refractivity contribution in [2.75, 3.05) is 46.3 Å². The third kappa shape index (κ3) is 6.37. The highest BCUT2D eigenvalue weighted by molar-refractivity contribution is 5.98. The standard InChI is InChI=1S/C22H29N5O2/c1-23-22(29)20-16-18(15-19(26-20)14-17-6-3-2-4-7-17)21(28)25-8-5-11-27-12-9-24-10-13-27/h2-4,6-7,15-16,24H,5,8-14H2,1H3,(H,23,29)(H,25,28). The van der Waals surface area contributed by atoms with Crippen molar-refractivity contribution >= 4 is 11.8 Å². The number of amides is 2. The second-order valence-electron chi connectivity index (χ2n) is 7.17. The van der Waals surface area contributed by atoms with Gasteiger partial charge >= 0.3 is 0 Å². The molecule has 0 atom stereocenters. The van der Waals surface area contributed by atoms with E-state index in [0.29, 0.717) is 24.2 Å². The van der Waals surface area contributed by atoms with E-state index in [2.05, 4.69) is 25.8 Å². The normalized spacial score (nSPS) is 14.4. The highest BCUT2D eigenvalue weighted by Gasteiger charge is 2.14. The molecule has 1 aliphatic rings. The smallest absolute Gasteiger partial charge is 0.269 e. The second kappa shape index (κ2) is 10.7. The van der Waals surface area contributed by atoms with Gasteiger partial charge in [-0.25, -0.2) is 4.98 Å². The first-order valence-electron chi connectivity index (χ1n) is 10.1. The minimum absolute atomic E-state index is 0.174. The van der Waals surface area contributed by atoms with Crippen LogP contribution in [0.1, 0.15) is 38.5 Å². The van der Waals surface area contributed by atoms with Crippen LogP contribution in [-0.4, -0.2) is 68.0 Å². The van der Waals surface area contributed by atoms with Crippen LogP contribution in [0, 0.1) is 0 Å². The van der Waals surface area contributed by atoms with Crippen LogP contribution in [0.5, 0.6) is 0 Å². The van der Waals surface area contributed by atoms with Gasteiger partial charge in [0.1, 0.15) is 5.69 Å².